The average molecular weight is 653 g/mol. The molecule has 11 rings (SSSR count). The van der Waals surface area contributed by atoms with Crippen LogP contribution in [0.15, 0.2) is 170 Å². The number of hydrogen-bond acceptors (Lipinski definition) is 3. The lowest BCUT2D eigenvalue weighted by atomic mass is 10.1. The number of fused-ring (bicyclic) bond motifs is 9. The highest BCUT2D eigenvalue weighted by atomic mass is 15.1. The van der Waals surface area contributed by atoms with E-state index in [1.165, 1.54) is 16.3 Å². The Kier molecular flexibility index (Phi) is 5.86. The molecule has 0 atom stereocenters. The number of pyridine rings is 3. The van der Waals surface area contributed by atoms with E-state index >= 15 is 0 Å². The van der Waals surface area contributed by atoms with Crippen LogP contribution in [-0.2, 0) is 0 Å². The molecule has 0 aliphatic carbocycles. The van der Waals surface area contributed by atoms with Crippen LogP contribution < -0.4 is 0 Å². The van der Waals surface area contributed by atoms with E-state index in [1.807, 2.05) is 30.6 Å². The van der Waals surface area contributed by atoms with Crippen LogP contribution in [0.2, 0.25) is 0 Å². The summed E-state index contributed by atoms with van der Waals surface area (Å²) in [5.74, 6) is 0.835. The predicted molar refractivity (Wildman–Crippen MR) is 208 cm³/mol. The van der Waals surface area contributed by atoms with Crippen LogP contribution in [0.4, 0.5) is 0 Å². The Morgan fingerprint density at radius 2 is 1.22 bits per heavy atom. The first-order valence-electron chi connectivity index (χ1n) is 17.1. The summed E-state index contributed by atoms with van der Waals surface area (Å²) in [6, 6.07) is 53.2. The van der Waals surface area contributed by atoms with Gasteiger partial charge in [-0.2, -0.15) is 0 Å². The zero-order valence-electron chi connectivity index (χ0n) is 27.3. The Labute approximate surface area is 292 Å². The van der Waals surface area contributed by atoms with Crippen LogP contribution in [0.25, 0.3) is 94.0 Å². The van der Waals surface area contributed by atoms with Gasteiger partial charge in [0.1, 0.15) is 11.5 Å². The van der Waals surface area contributed by atoms with Crippen LogP contribution in [-0.4, -0.2) is 28.7 Å². The van der Waals surface area contributed by atoms with Crippen molar-refractivity contribution in [2.75, 3.05) is 0 Å². The molecule has 6 heteroatoms. The first-order chi connectivity index (χ1) is 25.3. The van der Waals surface area contributed by atoms with Gasteiger partial charge in [-0.15, -0.1) is 0 Å². The van der Waals surface area contributed by atoms with E-state index in [2.05, 4.69) is 153 Å². The van der Waals surface area contributed by atoms with Crippen LogP contribution >= 0.6 is 0 Å². The molecule has 6 heterocycles. The Balaban J connectivity index is 1.21. The van der Waals surface area contributed by atoms with Gasteiger partial charge in [0.25, 0.3) is 0 Å². The highest BCUT2D eigenvalue weighted by Crippen LogP contribution is 2.40. The molecule has 6 nitrogen and oxygen atoms in total. The quantitative estimate of drug-likeness (QED) is 0.190. The van der Waals surface area contributed by atoms with Gasteiger partial charge in [0.2, 0.25) is 0 Å². The Morgan fingerprint density at radius 1 is 0.451 bits per heavy atom. The number of benzene rings is 5. The van der Waals surface area contributed by atoms with Crippen molar-refractivity contribution >= 4 is 65.5 Å². The number of rotatable bonds is 4. The molecule has 0 unspecified atom stereocenters. The highest BCUT2D eigenvalue weighted by molar-refractivity contribution is 6.18. The smallest absolute Gasteiger partial charge is 0.147 e. The van der Waals surface area contributed by atoms with Crippen LogP contribution in [0, 0.1) is 0 Å². The lowest BCUT2D eigenvalue weighted by Gasteiger charge is -2.11. The molecule has 0 N–H and O–H groups in total. The van der Waals surface area contributed by atoms with E-state index in [0.29, 0.717) is 0 Å². The third kappa shape index (κ3) is 4.14. The largest absolute Gasteiger partial charge is 0.309 e. The summed E-state index contributed by atoms with van der Waals surface area (Å²) in [6.07, 6.45) is 6.12. The van der Waals surface area contributed by atoms with Crippen molar-refractivity contribution in [3.05, 3.63) is 170 Å². The maximum absolute atomic E-state index is 5.10. The molecule has 5 aromatic carbocycles. The molecule has 0 amide bonds. The minimum Gasteiger partial charge on any atom is -0.309 e. The lowest BCUT2D eigenvalue weighted by Crippen LogP contribution is -1.99. The third-order valence-corrected chi connectivity index (χ3v) is 10.2. The maximum Gasteiger partial charge on any atom is 0.147 e. The zero-order chi connectivity index (χ0) is 33.5. The molecule has 0 radical (unpaired) electrons. The predicted octanol–water partition coefficient (Wildman–Crippen LogP) is 10.8. The van der Waals surface area contributed by atoms with E-state index < -0.39 is 0 Å². The van der Waals surface area contributed by atoms with E-state index in [9.17, 15) is 0 Å². The summed E-state index contributed by atoms with van der Waals surface area (Å²) in [4.78, 5) is 15.1. The van der Waals surface area contributed by atoms with Crippen LogP contribution in [0.5, 0.6) is 0 Å². The van der Waals surface area contributed by atoms with Crippen LogP contribution in [0.3, 0.4) is 0 Å². The minimum absolute atomic E-state index is 0.835. The van der Waals surface area contributed by atoms with Crippen molar-refractivity contribution in [1.29, 1.82) is 0 Å². The fraction of sp³-hybridized carbons (Fsp3) is 0. The van der Waals surface area contributed by atoms with Gasteiger partial charge in [-0.25, -0.2) is 9.97 Å². The van der Waals surface area contributed by atoms with Gasteiger partial charge < -0.3 is 9.13 Å². The fourth-order valence-corrected chi connectivity index (χ4v) is 7.84. The highest BCUT2D eigenvalue weighted by Gasteiger charge is 2.21. The molecule has 0 spiro atoms. The molecular weight excluding hydrogens is 625 g/mol. The van der Waals surface area contributed by atoms with E-state index in [0.717, 1.165) is 77.7 Å². The van der Waals surface area contributed by atoms with Crippen molar-refractivity contribution in [2.24, 2.45) is 0 Å². The van der Waals surface area contributed by atoms with Gasteiger partial charge in [-0.05, 0) is 66.7 Å². The summed E-state index contributed by atoms with van der Waals surface area (Å²) < 4.78 is 6.81. The standard InChI is InChI=1S/C45H28N6/c1-3-11-29(12-4-1)39-26-36-37-27-47-45-34(23-24-49(45)43-22-19-30-13-7-9-17-38(30)48-43)44(37)51(42(36)28-46-39)32-20-21-41-35(25-32)33-16-8-10-18-40(33)50(41)31-14-5-2-6-15-31/h1-28H. The SMILES string of the molecule is c1ccc(-c2cc3c4cnc5c(ccn5-c5ccc6ccccc6n5)c4n(-c4ccc5c(c4)c4ccccc4n5-c4ccccc4)c3cn2)cc1. The molecule has 0 fully saturated rings. The first-order valence-corrected chi connectivity index (χ1v) is 17.1. The second-order valence-corrected chi connectivity index (χ2v) is 13.0. The molecular formula is C45H28N6. The monoisotopic (exact) mass is 652 g/mol. The van der Waals surface area contributed by atoms with Crippen molar-refractivity contribution in [2.45, 2.75) is 0 Å². The van der Waals surface area contributed by atoms with E-state index in [1.54, 1.807) is 0 Å². The molecule has 0 bridgehead atoms. The minimum atomic E-state index is 0.835. The number of hydrogen-bond donors (Lipinski definition) is 0. The summed E-state index contributed by atoms with van der Waals surface area (Å²) in [7, 11) is 0. The Morgan fingerprint density at radius 3 is 2.12 bits per heavy atom. The maximum atomic E-state index is 5.10. The van der Waals surface area contributed by atoms with E-state index in [-0.39, 0.29) is 0 Å². The summed E-state index contributed by atoms with van der Waals surface area (Å²) >= 11 is 0. The molecule has 0 saturated heterocycles. The number of aromatic nitrogens is 6. The Hall–Kier alpha value is -7.05. The molecule has 0 aliphatic rings. The number of nitrogens with zero attached hydrogens (tertiary/aromatic N) is 6. The summed E-state index contributed by atoms with van der Waals surface area (Å²) in [6.45, 7) is 0. The summed E-state index contributed by atoms with van der Waals surface area (Å²) in [5.41, 5.74) is 10.5. The van der Waals surface area contributed by atoms with Crippen molar-refractivity contribution in [1.82, 2.24) is 28.7 Å². The Bertz CT molecular complexity index is 3130. The van der Waals surface area contributed by atoms with Crippen molar-refractivity contribution < 1.29 is 0 Å². The van der Waals surface area contributed by atoms with E-state index in [4.69, 9.17) is 15.0 Å². The van der Waals surface area contributed by atoms with Gasteiger partial charge in [-0.1, -0.05) is 84.9 Å². The fourth-order valence-electron chi connectivity index (χ4n) is 7.84. The number of para-hydroxylation sites is 3. The van der Waals surface area contributed by atoms with Gasteiger partial charge in [0, 0.05) is 61.6 Å². The zero-order valence-corrected chi connectivity index (χ0v) is 27.3. The molecule has 6 aromatic heterocycles. The normalized spacial score (nSPS) is 11.9. The molecule has 238 valence electrons. The average Bonchev–Trinajstić information content (AvgIpc) is 3.88. The second kappa shape index (κ2) is 10.7. The molecule has 0 aliphatic heterocycles. The lowest BCUT2D eigenvalue weighted by molar-refractivity contribution is 1.04. The third-order valence-electron chi connectivity index (χ3n) is 10.2. The van der Waals surface area contributed by atoms with Crippen molar-refractivity contribution in [3.8, 4) is 28.5 Å². The first kappa shape index (κ1) is 27.9. The topological polar surface area (TPSA) is 53.5 Å². The molecule has 11 aromatic rings. The molecule has 51 heavy (non-hydrogen) atoms. The summed E-state index contributed by atoms with van der Waals surface area (Å²) in [5, 5.41) is 6.75. The van der Waals surface area contributed by atoms with Crippen molar-refractivity contribution in [3.63, 3.8) is 0 Å². The van der Waals surface area contributed by atoms with Crippen LogP contribution in [0.1, 0.15) is 0 Å². The van der Waals surface area contributed by atoms with Gasteiger partial charge in [0.05, 0.1) is 39.5 Å². The second-order valence-electron chi connectivity index (χ2n) is 13.0. The van der Waals surface area contributed by atoms with Gasteiger partial charge in [-0.3, -0.25) is 9.55 Å². The molecule has 0 saturated carbocycles. The van der Waals surface area contributed by atoms with Gasteiger partial charge in [0.15, 0.2) is 0 Å². The van der Waals surface area contributed by atoms with Gasteiger partial charge >= 0.3 is 0 Å².